The second-order valence-electron chi connectivity index (χ2n) is 4.24. The fraction of sp³-hybridized carbons (Fsp3) is 0.500. The maximum Gasteiger partial charge on any atom is 0.242 e. The van der Waals surface area contributed by atoms with Gasteiger partial charge in [0.2, 0.25) is 11.8 Å². The second kappa shape index (κ2) is 5.15. The highest BCUT2D eigenvalue weighted by atomic mass is 16.2. The molecule has 6 N–H and O–H groups in total. The number of anilines is 1. The second-order valence-corrected chi connectivity index (χ2v) is 4.24. The third-order valence-corrected chi connectivity index (χ3v) is 2.79. The quantitative estimate of drug-likeness (QED) is 0.490. The van der Waals surface area contributed by atoms with E-state index in [-0.39, 0.29) is 12.5 Å². The molecule has 0 radical (unpaired) electrons. The van der Waals surface area contributed by atoms with Crippen LogP contribution in [0.4, 0.5) is 5.82 Å². The van der Waals surface area contributed by atoms with E-state index in [4.69, 9.17) is 11.5 Å². The summed E-state index contributed by atoms with van der Waals surface area (Å²) in [4.78, 5) is 22.4. The Labute approximate surface area is 104 Å². The van der Waals surface area contributed by atoms with Gasteiger partial charge in [-0.2, -0.15) is 5.10 Å². The van der Waals surface area contributed by atoms with E-state index in [2.05, 4.69) is 15.7 Å². The number of aromatic nitrogens is 2. The molecule has 1 aromatic heterocycles. The number of nitrogens with zero attached hydrogens (tertiary/aromatic N) is 2. The van der Waals surface area contributed by atoms with Crippen LogP contribution in [0.2, 0.25) is 0 Å². The number of primary amides is 1. The van der Waals surface area contributed by atoms with Crippen molar-refractivity contribution in [1.82, 2.24) is 15.1 Å². The molecule has 8 heteroatoms. The minimum absolute atomic E-state index is 0.176. The van der Waals surface area contributed by atoms with Crippen molar-refractivity contribution < 1.29 is 9.59 Å². The van der Waals surface area contributed by atoms with Crippen LogP contribution in [0.3, 0.4) is 0 Å². The van der Waals surface area contributed by atoms with Gasteiger partial charge in [-0.1, -0.05) is 0 Å². The van der Waals surface area contributed by atoms with Crippen LogP contribution in [-0.2, 0) is 9.59 Å². The van der Waals surface area contributed by atoms with Gasteiger partial charge in [-0.25, -0.2) is 4.68 Å². The lowest BCUT2D eigenvalue weighted by atomic mass is 10.2. The highest BCUT2D eigenvalue weighted by Gasteiger charge is 2.23. The molecule has 1 saturated heterocycles. The summed E-state index contributed by atoms with van der Waals surface area (Å²) < 4.78 is 1.73. The fourth-order valence-electron chi connectivity index (χ4n) is 1.68. The Bertz CT molecular complexity index is 453. The molecule has 2 rings (SSSR count). The van der Waals surface area contributed by atoms with E-state index in [9.17, 15) is 9.59 Å². The molecule has 1 fully saturated rings. The summed E-state index contributed by atoms with van der Waals surface area (Å²) in [5.41, 5.74) is 10.5. The molecule has 0 aliphatic carbocycles. The summed E-state index contributed by atoms with van der Waals surface area (Å²) in [6.45, 7) is 1.63. The van der Waals surface area contributed by atoms with Crippen molar-refractivity contribution in [3.05, 3.63) is 12.3 Å². The average molecular weight is 252 g/mol. The number of hydrogen-bond acceptors (Lipinski definition) is 5. The standard InChI is InChI=1S/C10H16N6O2/c11-7(3-8(12)17)10(18)15-9-1-2-14-16(9)6-4-13-5-6/h1-2,6-7,13H,3-5,11H2,(H2,12,17)(H,15,18). The molecule has 0 saturated carbocycles. The summed E-state index contributed by atoms with van der Waals surface area (Å²) in [6.07, 6.45) is 1.43. The van der Waals surface area contributed by atoms with E-state index < -0.39 is 17.9 Å². The van der Waals surface area contributed by atoms with Crippen LogP contribution in [0.5, 0.6) is 0 Å². The van der Waals surface area contributed by atoms with Crippen LogP contribution in [0.15, 0.2) is 12.3 Å². The largest absolute Gasteiger partial charge is 0.370 e. The number of amides is 2. The monoisotopic (exact) mass is 252 g/mol. The van der Waals surface area contributed by atoms with Crippen LogP contribution < -0.4 is 22.1 Å². The Hall–Kier alpha value is -1.93. The molecule has 98 valence electrons. The first kappa shape index (κ1) is 12.5. The Balaban J connectivity index is 1.98. The van der Waals surface area contributed by atoms with Gasteiger partial charge in [0.05, 0.1) is 24.7 Å². The Morgan fingerprint density at radius 1 is 1.61 bits per heavy atom. The lowest BCUT2D eigenvalue weighted by Crippen LogP contribution is -2.45. The third kappa shape index (κ3) is 2.66. The summed E-state index contributed by atoms with van der Waals surface area (Å²) in [6, 6.07) is 0.987. The molecule has 2 amide bonds. The smallest absolute Gasteiger partial charge is 0.242 e. The Kier molecular flexibility index (Phi) is 3.58. The number of rotatable bonds is 5. The molecule has 1 aromatic rings. The molecule has 1 unspecified atom stereocenters. The van der Waals surface area contributed by atoms with Gasteiger partial charge in [-0.05, 0) is 0 Å². The average Bonchev–Trinajstić information content (AvgIpc) is 2.62. The van der Waals surface area contributed by atoms with Gasteiger partial charge >= 0.3 is 0 Å². The molecule has 1 aliphatic heterocycles. The first-order chi connectivity index (χ1) is 8.58. The molecule has 1 aliphatic rings. The van der Waals surface area contributed by atoms with Gasteiger partial charge in [-0.3, -0.25) is 9.59 Å². The minimum atomic E-state index is -0.939. The number of nitrogens with one attached hydrogen (secondary N) is 2. The van der Waals surface area contributed by atoms with Crippen molar-refractivity contribution in [2.45, 2.75) is 18.5 Å². The van der Waals surface area contributed by atoms with E-state index in [0.29, 0.717) is 5.82 Å². The minimum Gasteiger partial charge on any atom is -0.370 e. The van der Waals surface area contributed by atoms with Gasteiger partial charge in [0, 0.05) is 19.2 Å². The van der Waals surface area contributed by atoms with Crippen LogP contribution in [0.25, 0.3) is 0 Å². The van der Waals surface area contributed by atoms with Crippen molar-refractivity contribution in [3.63, 3.8) is 0 Å². The molecule has 2 heterocycles. The predicted molar refractivity (Wildman–Crippen MR) is 64.6 cm³/mol. The zero-order valence-electron chi connectivity index (χ0n) is 9.80. The lowest BCUT2D eigenvalue weighted by Gasteiger charge is -2.28. The van der Waals surface area contributed by atoms with E-state index in [0.717, 1.165) is 13.1 Å². The summed E-state index contributed by atoms with van der Waals surface area (Å²) in [5, 5.41) is 9.91. The molecule has 0 bridgehead atoms. The Morgan fingerprint density at radius 3 is 2.89 bits per heavy atom. The molecule has 1 atom stereocenters. The maximum absolute atomic E-state index is 11.7. The summed E-state index contributed by atoms with van der Waals surface area (Å²) >= 11 is 0. The van der Waals surface area contributed by atoms with Crippen LogP contribution in [0.1, 0.15) is 12.5 Å². The first-order valence-electron chi connectivity index (χ1n) is 5.67. The zero-order chi connectivity index (χ0) is 13.1. The number of carbonyl (C=O) groups is 2. The van der Waals surface area contributed by atoms with E-state index >= 15 is 0 Å². The summed E-state index contributed by atoms with van der Waals surface area (Å²) in [7, 11) is 0. The van der Waals surface area contributed by atoms with Crippen molar-refractivity contribution in [2.75, 3.05) is 18.4 Å². The molecule has 0 spiro atoms. The fourth-order valence-corrected chi connectivity index (χ4v) is 1.68. The van der Waals surface area contributed by atoms with Crippen LogP contribution in [-0.4, -0.2) is 40.7 Å². The molecule has 0 aromatic carbocycles. The Morgan fingerprint density at radius 2 is 2.33 bits per heavy atom. The molecule has 8 nitrogen and oxygen atoms in total. The van der Waals surface area contributed by atoms with Gasteiger partial charge in [0.25, 0.3) is 0 Å². The van der Waals surface area contributed by atoms with Crippen molar-refractivity contribution in [3.8, 4) is 0 Å². The van der Waals surface area contributed by atoms with Crippen molar-refractivity contribution in [1.29, 1.82) is 0 Å². The zero-order valence-corrected chi connectivity index (χ0v) is 9.80. The predicted octanol–water partition coefficient (Wildman–Crippen LogP) is -1.83. The number of nitrogens with two attached hydrogens (primary N) is 2. The van der Waals surface area contributed by atoms with Gasteiger partial charge in [0.15, 0.2) is 0 Å². The third-order valence-electron chi connectivity index (χ3n) is 2.79. The van der Waals surface area contributed by atoms with E-state index in [1.807, 2.05) is 0 Å². The van der Waals surface area contributed by atoms with E-state index in [1.165, 1.54) is 0 Å². The topological polar surface area (TPSA) is 128 Å². The molecule has 18 heavy (non-hydrogen) atoms. The SMILES string of the molecule is NC(=O)CC(N)C(=O)Nc1ccnn1C1CNC1. The van der Waals surface area contributed by atoms with Crippen LogP contribution >= 0.6 is 0 Å². The number of hydrogen-bond donors (Lipinski definition) is 4. The molecular weight excluding hydrogens is 236 g/mol. The van der Waals surface area contributed by atoms with Gasteiger partial charge in [0.1, 0.15) is 5.82 Å². The van der Waals surface area contributed by atoms with E-state index in [1.54, 1.807) is 16.9 Å². The maximum atomic E-state index is 11.7. The van der Waals surface area contributed by atoms with Gasteiger partial charge < -0.3 is 22.1 Å². The normalized spacial score (nSPS) is 16.9. The number of carbonyl (C=O) groups excluding carboxylic acids is 2. The van der Waals surface area contributed by atoms with Gasteiger partial charge in [-0.15, -0.1) is 0 Å². The summed E-state index contributed by atoms with van der Waals surface area (Å²) in [5.74, 6) is -0.469. The first-order valence-corrected chi connectivity index (χ1v) is 5.67. The lowest BCUT2D eigenvalue weighted by molar-refractivity contribution is -0.123. The molecular formula is C10H16N6O2. The van der Waals surface area contributed by atoms with Crippen LogP contribution in [0, 0.1) is 0 Å². The van der Waals surface area contributed by atoms with Crippen molar-refractivity contribution in [2.24, 2.45) is 11.5 Å². The highest BCUT2D eigenvalue weighted by molar-refractivity contribution is 5.96. The van der Waals surface area contributed by atoms with Crippen molar-refractivity contribution >= 4 is 17.6 Å². The highest BCUT2D eigenvalue weighted by Crippen LogP contribution is 2.17.